The summed E-state index contributed by atoms with van der Waals surface area (Å²) in [4.78, 5) is 12.0. The first kappa shape index (κ1) is 13.2. The molecule has 0 radical (unpaired) electrons. The van der Waals surface area contributed by atoms with E-state index in [-0.39, 0.29) is 23.0 Å². The molecule has 0 heterocycles. The van der Waals surface area contributed by atoms with E-state index in [0.717, 1.165) is 0 Å². The molecule has 92 valence electrons. The number of benzene rings is 1. The molecule has 1 aromatic rings. The van der Waals surface area contributed by atoms with Crippen LogP contribution < -0.4 is 11.1 Å². The van der Waals surface area contributed by atoms with Gasteiger partial charge in [-0.1, -0.05) is 12.2 Å². The average molecular weight is 254 g/mol. The Morgan fingerprint density at radius 2 is 2.06 bits per heavy atom. The molecule has 5 N–H and O–H groups in total. The molecule has 0 fully saturated rings. The van der Waals surface area contributed by atoms with Crippen molar-refractivity contribution in [2.75, 3.05) is 6.54 Å². The number of amides is 1. The van der Waals surface area contributed by atoms with Crippen molar-refractivity contribution < 1.29 is 15.0 Å². The van der Waals surface area contributed by atoms with Gasteiger partial charge in [-0.25, -0.2) is 0 Å². The quantitative estimate of drug-likeness (QED) is 0.355. The maximum absolute atomic E-state index is 11.6. The maximum atomic E-state index is 11.6. The number of nitrogens with two attached hydrogens (primary N) is 1. The summed E-state index contributed by atoms with van der Waals surface area (Å²) in [5.41, 5.74) is 5.60. The van der Waals surface area contributed by atoms with Gasteiger partial charge in [-0.05, 0) is 31.0 Å². The molecule has 1 amide bonds. The molecule has 0 bridgehead atoms. The van der Waals surface area contributed by atoms with Gasteiger partial charge in [-0.15, -0.1) is 0 Å². The van der Waals surface area contributed by atoms with Gasteiger partial charge in [0.05, 0.1) is 4.99 Å². The van der Waals surface area contributed by atoms with Crippen molar-refractivity contribution in [3.8, 4) is 11.5 Å². The summed E-state index contributed by atoms with van der Waals surface area (Å²) in [6.07, 6.45) is 1.25. The summed E-state index contributed by atoms with van der Waals surface area (Å²) in [7, 11) is 0. The monoisotopic (exact) mass is 254 g/mol. The summed E-state index contributed by atoms with van der Waals surface area (Å²) in [5, 5.41) is 21.0. The fourth-order valence-corrected chi connectivity index (χ4v) is 1.38. The predicted octanol–water partition coefficient (Wildman–Crippen LogP) is 0.894. The Hall–Kier alpha value is -1.82. The van der Waals surface area contributed by atoms with Gasteiger partial charge in [0.25, 0.3) is 5.91 Å². The van der Waals surface area contributed by atoms with Gasteiger partial charge in [0, 0.05) is 12.1 Å². The summed E-state index contributed by atoms with van der Waals surface area (Å²) >= 11 is 4.70. The van der Waals surface area contributed by atoms with E-state index in [0.29, 0.717) is 24.4 Å². The number of hydrogen-bond donors (Lipinski definition) is 4. The van der Waals surface area contributed by atoms with Crippen LogP contribution in [0.2, 0.25) is 0 Å². The second-order valence-electron chi connectivity index (χ2n) is 3.53. The van der Waals surface area contributed by atoms with Crippen molar-refractivity contribution in [2.24, 2.45) is 5.73 Å². The predicted molar refractivity (Wildman–Crippen MR) is 68.1 cm³/mol. The van der Waals surface area contributed by atoms with Crippen LogP contribution >= 0.6 is 12.2 Å². The second-order valence-corrected chi connectivity index (χ2v) is 4.05. The van der Waals surface area contributed by atoms with Gasteiger partial charge in [-0.2, -0.15) is 0 Å². The maximum Gasteiger partial charge on any atom is 0.251 e. The Bertz CT molecular complexity index is 435. The van der Waals surface area contributed by atoms with E-state index in [1.807, 2.05) is 0 Å². The zero-order chi connectivity index (χ0) is 12.8. The number of phenolic OH excluding ortho intramolecular Hbond substituents is 2. The Labute approximate surface area is 104 Å². The van der Waals surface area contributed by atoms with Crippen LogP contribution in [0.25, 0.3) is 0 Å². The van der Waals surface area contributed by atoms with E-state index in [4.69, 9.17) is 23.1 Å². The van der Waals surface area contributed by atoms with Crippen LogP contribution in [-0.2, 0) is 0 Å². The first-order valence-electron chi connectivity index (χ1n) is 5.09. The summed E-state index contributed by atoms with van der Waals surface area (Å²) in [6.45, 7) is 0.456. The van der Waals surface area contributed by atoms with E-state index in [9.17, 15) is 9.90 Å². The molecule has 0 aliphatic rings. The fraction of sp³-hybridized carbons (Fsp3) is 0.273. The number of nitrogens with one attached hydrogen (secondary N) is 1. The van der Waals surface area contributed by atoms with Crippen LogP contribution in [0.4, 0.5) is 0 Å². The van der Waals surface area contributed by atoms with E-state index in [1.165, 1.54) is 18.2 Å². The first-order chi connectivity index (χ1) is 8.00. The highest BCUT2D eigenvalue weighted by atomic mass is 32.1. The minimum atomic E-state index is -0.319. The normalized spacial score (nSPS) is 9.88. The molecule has 5 nitrogen and oxygen atoms in total. The molecule has 1 rings (SSSR count). The topological polar surface area (TPSA) is 95.6 Å². The van der Waals surface area contributed by atoms with Crippen molar-refractivity contribution in [3.05, 3.63) is 23.8 Å². The van der Waals surface area contributed by atoms with Crippen LogP contribution in [0.1, 0.15) is 23.2 Å². The number of aromatic hydroxyl groups is 2. The largest absolute Gasteiger partial charge is 0.504 e. The molecule has 0 aromatic heterocycles. The highest BCUT2D eigenvalue weighted by Crippen LogP contribution is 2.24. The van der Waals surface area contributed by atoms with Gasteiger partial charge >= 0.3 is 0 Å². The summed E-state index contributed by atoms with van der Waals surface area (Å²) in [6, 6.07) is 3.90. The Morgan fingerprint density at radius 3 is 2.65 bits per heavy atom. The third-order valence-electron chi connectivity index (χ3n) is 2.12. The molecule has 0 unspecified atom stereocenters. The smallest absolute Gasteiger partial charge is 0.251 e. The summed E-state index contributed by atoms with van der Waals surface area (Å²) in [5.74, 6) is -0.890. The standard InChI is InChI=1S/C11H14N2O3S/c12-10(17)2-1-5-13-11(16)7-3-4-8(14)9(15)6-7/h3-4,6,14-15H,1-2,5H2,(H2,12,17)(H,13,16). The minimum Gasteiger partial charge on any atom is -0.504 e. The van der Waals surface area contributed by atoms with Crippen molar-refractivity contribution >= 4 is 23.1 Å². The molecule has 0 spiro atoms. The van der Waals surface area contributed by atoms with E-state index < -0.39 is 0 Å². The first-order valence-corrected chi connectivity index (χ1v) is 5.50. The lowest BCUT2D eigenvalue weighted by molar-refractivity contribution is 0.0953. The Morgan fingerprint density at radius 1 is 1.35 bits per heavy atom. The van der Waals surface area contributed by atoms with Crippen LogP contribution in [0, 0.1) is 0 Å². The van der Waals surface area contributed by atoms with Gasteiger partial charge in [-0.3, -0.25) is 4.79 Å². The molecule has 0 saturated carbocycles. The van der Waals surface area contributed by atoms with Crippen LogP contribution in [-0.4, -0.2) is 27.7 Å². The number of hydrogen-bond acceptors (Lipinski definition) is 4. The number of phenols is 2. The molecular formula is C11H14N2O3S. The Kier molecular flexibility index (Phi) is 4.71. The molecule has 6 heteroatoms. The third-order valence-corrected chi connectivity index (χ3v) is 2.33. The van der Waals surface area contributed by atoms with Gasteiger partial charge in [0.2, 0.25) is 0 Å². The lowest BCUT2D eigenvalue weighted by Crippen LogP contribution is -2.25. The molecule has 0 aliphatic heterocycles. The molecular weight excluding hydrogens is 240 g/mol. The highest BCUT2D eigenvalue weighted by Gasteiger charge is 2.07. The SMILES string of the molecule is NC(=S)CCCNC(=O)c1ccc(O)c(O)c1. The summed E-state index contributed by atoms with van der Waals surface area (Å²) < 4.78 is 0. The minimum absolute atomic E-state index is 0.255. The average Bonchev–Trinajstić information content (AvgIpc) is 2.27. The third kappa shape index (κ3) is 4.28. The number of carbonyl (C=O) groups excluding carboxylic acids is 1. The van der Waals surface area contributed by atoms with Gasteiger partial charge in [0.15, 0.2) is 11.5 Å². The van der Waals surface area contributed by atoms with Crippen molar-refractivity contribution in [1.29, 1.82) is 0 Å². The van der Waals surface area contributed by atoms with Gasteiger partial charge in [0.1, 0.15) is 0 Å². The molecule has 0 aliphatic carbocycles. The molecule has 17 heavy (non-hydrogen) atoms. The fourth-order valence-electron chi connectivity index (χ4n) is 1.23. The van der Waals surface area contributed by atoms with E-state index in [1.54, 1.807) is 0 Å². The number of thiocarbonyl (C=S) groups is 1. The van der Waals surface area contributed by atoms with Crippen LogP contribution in [0.5, 0.6) is 11.5 Å². The molecule has 0 saturated heterocycles. The van der Waals surface area contributed by atoms with E-state index >= 15 is 0 Å². The zero-order valence-corrected chi connectivity index (χ0v) is 9.96. The van der Waals surface area contributed by atoms with E-state index in [2.05, 4.69) is 5.32 Å². The molecule has 1 aromatic carbocycles. The zero-order valence-electron chi connectivity index (χ0n) is 9.14. The van der Waals surface area contributed by atoms with Crippen molar-refractivity contribution in [2.45, 2.75) is 12.8 Å². The Balaban J connectivity index is 2.47. The number of carbonyl (C=O) groups is 1. The van der Waals surface area contributed by atoms with Gasteiger partial charge < -0.3 is 21.3 Å². The van der Waals surface area contributed by atoms with Crippen LogP contribution in [0.15, 0.2) is 18.2 Å². The lowest BCUT2D eigenvalue weighted by Gasteiger charge is -2.05. The van der Waals surface area contributed by atoms with Crippen molar-refractivity contribution in [1.82, 2.24) is 5.32 Å². The second kappa shape index (κ2) is 6.05. The molecule has 0 atom stereocenters. The lowest BCUT2D eigenvalue weighted by atomic mass is 10.2. The number of rotatable bonds is 5. The van der Waals surface area contributed by atoms with Crippen LogP contribution in [0.3, 0.4) is 0 Å². The highest BCUT2D eigenvalue weighted by molar-refractivity contribution is 7.80. The van der Waals surface area contributed by atoms with Crippen molar-refractivity contribution in [3.63, 3.8) is 0 Å².